The largest absolute Gasteiger partial charge is 0.378 e. The van der Waals surface area contributed by atoms with E-state index in [4.69, 9.17) is 4.74 Å². The van der Waals surface area contributed by atoms with Crippen LogP contribution in [0.2, 0.25) is 0 Å². The van der Waals surface area contributed by atoms with E-state index in [-0.39, 0.29) is 12.5 Å². The molecule has 0 aromatic heterocycles. The summed E-state index contributed by atoms with van der Waals surface area (Å²) < 4.78 is 6.14. The van der Waals surface area contributed by atoms with E-state index in [1.807, 2.05) is 0 Å². The van der Waals surface area contributed by atoms with Crippen LogP contribution in [0.15, 0.2) is 4.99 Å². The number of likely N-dealkylation sites (tertiary alicyclic amines) is 1. The van der Waals surface area contributed by atoms with E-state index >= 15 is 0 Å². The summed E-state index contributed by atoms with van der Waals surface area (Å²) in [6.07, 6.45) is 7.90. The summed E-state index contributed by atoms with van der Waals surface area (Å²) in [4.78, 5) is 20.1. The Morgan fingerprint density at radius 1 is 1.21 bits per heavy atom. The van der Waals surface area contributed by atoms with Gasteiger partial charge in [-0.15, -0.1) is 0 Å². The molecule has 0 bridgehead atoms. The Balaban J connectivity index is 1.76. The van der Waals surface area contributed by atoms with Crippen LogP contribution in [0.25, 0.3) is 0 Å². The maximum absolute atomic E-state index is 11.7. The van der Waals surface area contributed by atoms with Gasteiger partial charge in [-0.05, 0) is 38.5 Å². The van der Waals surface area contributed by atoms with Crippen LogP contribution < -0.4 is 5.32 Å². The zero-order valence-corrected chi connectivity index (χ0v) is 15.6. The molecule has 6 heteroatoms. The van der Waals surface area contributed by atoms with Crippen LogP contribution in [-0.4, -0.2) is 74.7 Å². The monoisotopic (exact) mass is 338 g/mol. The highest BCUT2D eigenvalue weighted by Gasteiger charge is 2.24. The van der Waals surface area contributed by atoms with E-state index in [1.165, 1.54) is 25.7 Å². The van der Waals surface area contributed by atoms with E-state index < -0.39 is 0 Å². The number of guanidine groups is 1. The minimum Gasteiger partial charge on any atom is -0.378 e. The smallest absolute Gasteiger partial charge is 0.243 e. The molecule has 138 valence electrons. The molecule has 2 aliphatic rings. The number of carbonyl (C=O) groups excluding carboxylic acids is 1. The van der Waals surface area contributed by atoms with Crippen molar-refractivity contribution >= 4 is 11.9 Å². The zero-order chi connectivity index (χ0) is 17.4. The number of nitrogens with zero attached hydrogens (tertiary/aromatic N) is 3. The van der Waals surface area contributed by atoms with Crippen LogP contribution in [0.3, 0.4) is 0 Å². The first-order valence-electron chi connectivity index (χ1n) is 9.45. The predicted octanol–water partition coefficient (Wildman–Crippen LogP) is 1.71. The van der Waals surface area contributed by atoms with Crippen molar-refractivity contribution in [3.63, 3.8) is 0 Å². The molecule has 0 spiro atoms. The van der Waals surface area contributed by atoms with Gasteiger partial charge < -0.3 is 19.9 Å². The van der Waals surface area contributed by atoms with E-state index in [9.17, 15) is 4.79 Å². The van der Waals surface area contributed by atoms with Crippen molar-refractivity contribution in [2.24, 2.45) is 10.9 Å². The van der Waals surface area contributed by atoms with Gasteiger partial charge in [0.25, 0.3) is 0 Å². The lowest BCUT2D eigenvalue weighted by molar-refractivity contribution is -0.127. The van der Waals surface area contributed by atoms with Crippen molar-refractivity contribution in [1.29, 1.82) is 0 Å². The molecule has 1 aliphatic heterocycles. The number of rotatable bonds is 6. The number of amides is 1. The third-order valence-corrected chi connectivity index (χ3v) is 4.98. The minimum absolute atomic E-state index is 0.0279. The molecule has 24 heavy (non-hydrogen) atoms. The van der Waals surface area contributed by atoms with Crippen LogP contribution in [0.5, 0.6) is 0 Å². The molecule has 1 N–H and O–H groups in total. The number of nitrogens with one attached hydrogen (secondary N) is 1. The predicted molar refractivity (Wildman–Crippen MR) is 97.2 cm³/mol. The van der Waals surface area contributed by atoms with Crippen LogP contribution in [0, 0.1) is 5.92 Å². The molecule has 1 saturated carbocycles. The summed E-state index contributed by atoms with van der Waals surface area (Å²) in [7, 11) is 3.52. The third kappa shape index (κ3) is 5.96. The number of aliphatic imine (C=N–C) groups is 1. The summed E-state index contributed by atoms with van der Waals surface area (Å²) in [6.45, 7) is 5.89. The topological polar surface area (TPSA) is 57.2 Å². The van der Waals surface area contributed by atoms with E-state index in [0.29, 0.717) is 6.10 Å². The van der Waals surface area contributed by atoms with Crippen LogP contribution in [-0.2, 0) is 9.53 Å². The standard InChI is InChI=1S/C18H34N4O2/c1-4-19-18(20-13-17(23)21(2)3)22-11-9-16(10-12-22)24-14-15-7-5-6-8-15/h15-16H,4-14H2,1-3H3,(H,19,20). The molecule has 0 unspecified atom stereocenters. The highest BCUT2D eigenvalue weighted by Crippen LogP contribution is 2.26. The average Bonchev–Trinajstić information content (AvgIpc) is 3.10. The fourth-order valence-electron chi connectivity index (χ4n) is 3.39. The Kier molecular flexibility index (Phi) is 7.82. The van der Waals surface area contributed by atoms with Gasteiger partial charge in [0, 0.05) is 40.3 Å². The van der Waals surface area contributed by atoms with Gasteiger partial charge in [0.15, 0.2) is 5.96 Å². The SMILES string of the molecule is CCNC(=NCC(=O)N(C)C)N1CCC(OCC2CCCC2)CC1. The Bertz CT molecular complexity index is 411. The Hall–Kier alpha value is -1.30. The third-order valence-electron chi connectivity index (χ3n) is 4.98. The lowest BCUT2D eigenvalue weighted by atomic mass is 10.1. The lowest BCUT2D eigenvalue weighted by Gasteiger charge is -2.34. The maximum atomic E-state index is 11.7. The van der Waals surface area contributed by atoms with Gasteiger partial charge in [-0.25, -0.2) is 4.99 Å². The Morgan fingerprint density at radius 2 is 1.88 bits per heavy atom. The quantitative estimate of drug-likeness (QED) is 0.592. The molecule has 1 amide bonds. The van der Waals surface area contributed by atoms with Crippen molar-refractivity contribution < 1.29 is 9.53 Å². The molecule has 0 atom stereocenters. The van der Waals surface area contributed by atoms with Crippen LogP contribution >= 0.6 is 0 Å². The van der Waals surface area contributed by atoms with Crippen molar-refractivity contribution in [3.05, 3.63) is 0 Å². The van der Waals surface area contributed by atoms with Crippen LogP contribution in [0.4, 0.5) is 0 Å². The molecular weight excluding hydrogens is 304 g/mol. The Labute approximate surface area is 146 Å². The molecule has 0 aromatic carbocycles. The molecule has 1 saturated heterocycles. The number of piperidine rings is 1. The summed E-state index contributed by atoms with van der Waals surface area (Å²) in [5.74, 6) is 1.67. The normalized spacial score (nSPS) is 20.5. The molecule has 2 fully saturated rings. The average molecular weight is 338 g/mol. The van der Waals surface area contributed by atoms with Gasteiger partial charge in [-0.3, -0.25) is 4.79 Å². The zero-order valence-electron chi connectivity index (χ0n) is 15.6. The van der Waals surface area contributed by atoms with Gasteiger partial charge in [-0.2, -0.15) is 0 Å². The Morgan fingerprint density at radius 3 is 2.46 bits per heavy atom. The van der Waals surface area contributed by atoms with E-state index in [1.54, 1.807) is 19.0 Å². The van der Waals surface area contributed by atoms with Gasteiger partial charge in [0.2, 0.25) is 5.91 Å². The number of likely N-dealkylation sites (N-methyl/N-ethyl adjacent to an activating group) is 1. The maximum Gasteiger partial charge on any atom is 0.243 e. The van der Waals surface area contributed by atoms with E-state index in [0.717, 1.165) is 51.0 Å². The second kappa shape index (κ2) is 9.87. The van der Waals surface area contributed by atoms with Crippen molar-refractivity contribution in [2.75, 3.05) is 46.9 Å². The highest BCUT2D eigenvalue weighted by atomic mass is 16.5. The molecule has 6 nitrogen and oxygen atoms in total. The summed E-state index contributed by atoms with van der Waals surface area (Å²) >= 11 is 0. The van der Waals surface area contributed by atoms with Gasteiger partial charge in [0.1, 0.15) is 6.54 Å². The number of ether oxygens (including phenoxy) is 1. The van der Waals surface area contributed by atoms with Crippen molar-refractivity contribution in [1.82, 2.24) is 15.1 Å². The number of carbonyl (C=O) groups is 1. The van der Waals surface area contributed by atoms with E-state index in [2.05, 4.69) is 22.1 Å². The fourth-order valence-corrected chi connectivity index (χ4v) is 3.39. The lowest BCUT2D eigenvalue weighted by Crippen LogP contribution is -2.47. The minimum atomic E-state index is 0.0279. The number of hydrogen-bond donors (Lipinski definition) is 1. The summed E-state index contributed by atoms with van der Waals surface area (Å²) in [6, 6.07) is 0. The second-order valence-corrected chi connectivity index (χ2v) is 7.13. The van der Waals surface area contributed by atoms with Crippen LogP contribution in [0.1, 0.15) is 45.4 Å². The number of hydrogen-bond acceptors (Lipinski definition) is 3. The fraction of sp³-hybridized carbons (Fsp3) is 0.889. The van der Waals surface area contributed by atoms with Crippen molar-refractivity contribution in [3.8, 4) is 0 Å². The summed E-state index contributed by atoms with van der Waals surface area (Å²) in [5, 5.41) is 3.30. The molecule has 2 rings (SSSR count). The first kappa shape index (κ1) is 19.0. The second-order valence-electron chi connectivity index (χ2n) is 7.13. The van der Waals surface area contributed by atoms with Gasteiger partial charge in [-0.1, -0.05) is 12.8 Å². The molecule has 0 aromatic rings. The van der Waals surface area contributed by atoms with Gasteiger partial charge >= 0.3 is 0 Å². The van der Waals surface area contributed by atoms with Crippen molar-refractivity contribution in [2.45, 2.75) is 51.6 Å². The first-order chi connectivity index (χ1) is 11.6. The molecule has 0 radical (unpaired) electrons. The molecular formula is C18H34N4O2. The van der Waals surface area contributed by atoms with Gasteiger partial charge in [0.05, 0.1) is 6.10 Å². The molecule has 1 heterocycles. The first-order valence-corrected chi connectivity index (χ1v) is 9.45. The highest BCUT2D eigenvalue weighted by molar-refractivity contribution is 5.84. The molecule has 1 aliphatic carbocycles. The summed E-state index contributed by atoms with van der Waals surface area (Å²) in [5.41, 5.74) is 0.